The van der Waals surface area contributed by atoms with Gasteiger partial charge >= 0.3 is 5.97 Å². The molecule has 0 saturated heterocycles. The van der Waals surface area contributed by atoms with Gasteiger partial charge in [0.1, 0.15) is 5.56 Å². The second-order valence-electron chi connectivity index (χ2n) is 5.09. The Kier molecular flexibility index (Phi) is 4.31. The van der Waals surface area contributed by atoms with E-state index in [-0.39, 0.29) is 16.3 Å². The summed E-state index contributed by atoms with van der Waals surface area (Å²) < 4.78 is 19.0. The summed E-state index contributed by atoms with van der Waals surface area (Å²) in [5.74, 6) is -1.20. The molecule has 0 aliphatic carbocycles. The van der Waals surface area contributed by atoms with E-state index in [9.17, 15) is 9.18 Å². The molecular formula is C17H13ClFN3O2. The van der Waals surface area contributed by atoms with E-state index in [0.29, 0.717) is 16.7 Å². The molecule has 24 heavy (non-hydrogen) atoms. The van der Waals surface area contributed by atoms with Crippen LogP contribution < -0.4 is 5.32 Å². The van der Waals surface area contributed by atoms with Gasteiger partial charge in [0.05, 0.1) is 23.5 Å². The average molecular weight is 346 g/mol. The minimum Gasteiger partial charge on any atom is -0.465 e. The van der Waals surface area contributed by atoms with E-state index < -0.39 is 11.8 Å². The van der Waals surface area contributed by atoms with Gasteiger partial charge in [-0.05, 0) is 31.2 Å². The van der Waals surface area contributed by atoms with Crippen LogP contribution in [0.15, 0.2) is 36.5 Å². The molecule has 0 amide bonds. The van der Waals surface area contributed by atoms with Gasteiger partial charge in [-0.25, -0.2) is 19.2 Å². The second kappa shape index (κ2) is 6.41. The Bertz CT molecular complexity index is 947. The Balaban J connectivity index is 2.22. The standard InChI is InChI=1S/C17H13ClFN3O2/c1-9-6-7-10-15(22-13-5-3-4-12(18)14(13)19)11(17(23)24-2)8-20-16(10)21-9/h3-8H,1-2H3,(H,20,21,22). The SMILES string of the molecule is COC(=O)c1cnc2nc(C)ccc2c1Nc1cccc(Cl)c1F. The first-order valence-electron chi connectivity index (χ1n) is 7.07. The summed E-state index contributed by atoms with van der Waals surface area (Å²) in [7, 11) is 1.27. The quantitative estimate of drug-likeness (QED) is 0.718. The minimum absolute atomic E-state index is 0.0213. The summed E-state index contributed by atoms with van der Waals surface area (Å²) in [5, 5.41) is 3.47. The molecule has 3 rings (SSSR count). The fourth-order valence-electron chi connectivity index (χ4n) is 2.31. The lowest BCUT2D eigenvalue weighted by Crippen LogP contribution is -2.08. The van der Waals surface area contributed by atoms with E-state index in [1.165, 1.54) is 25.4 Å². The molecular weight excluding hydrogens is 333 g/mol. The van der Waals surface area contributed by atoms with Crippen LogP contribution in [0, 0.1) is 12.7 Å². The molecule has 0 atom stereocenters. The molecule has 1 N–H and O–H groups in total. The second-order valence-corrected chi connectivity index (χ2v) is 5.50. The van der Waals surface area contributed by atoms with Crippen LogP contribution in [-0.2, 0) is 4.74 Å². The molecule has 0 radical (unpaired) electrons. The van der Waals surface area contributed by atoms with Crippen LogP contribution in [-0.4, -0.2) is 23.0 Å². The third-order valence-corrected chi connectivity index (χ3v) is 3.78. The van der Waals surface area contributed by atoms with Crippen molar-refractivity contribution in [3.63, 3.8) is 0 Å². The maximum Gasteiger partial charge on any atom is 0.341 e. The Labute approximate surface area is 142 Å². The lowest BCUT2D eigenvalue weighted by Gasteiger charge is -2.14. The number of nitrogens with zero attached hydrogens (tertiary/aromatic N) is 2. The highest BCUT2D eigenvalue weighted by atomic mass is 35.5. The van der Waals surface area contributed by atoms with E-state index in [0.717, 1.165) is 5.69 Å². The Hall–Kier alpha value is -2.73. The number of carbonyl (C=O) groups excluding carboxylic acids is 1. The van der Waals surface area contributed by atoms with Crippen LogP contribution in [0.25, 0.3) is 11.0 Å². The molecule has 0 fully saturated rings. The zero-order chi connectivity index (χ0) is 17.3. The number of hydrogen-bond donors (Lipinski definition) is 1. The van der Waals surface area contributed by atoms with Crippen molar-refractivity contribution in [1.29, 1.82) is 0 Å². The largest absolute Gasteiger partial charge is 0.465 e. The molecule has 7 heteroatoms. The summed E-state index contributed by atoms with van der Waals surface area (Å²) in [5.41, 5.74) is 1.89. The number of methoxy groups -OCH3 is 1. The first kappa shape index (κ1) is 16.1. The number of aromatic nitrogens is 2. The lowest BCUT2D eigenvalue weighted by molar-refractivity contribution is 0.0601. The Morgan fingerprint density at radius 3 is 2.83 bits per heavy atom. The Morgan fingerprint density at radius 1 is 1.29 bits per heavy atom. The van der Waals surface area contributed by atoms with Crippen molar-refractivity contribution in [3.05, 3.63) is 58.6 Å². The van der Waals surface area contributed by atoms with E-state index in [1.807, 2.05) is 6.92 Å². The molecule has 0 saturated carbocycles. The summed E-state index contributed by atoms with van der Waals surface area (Å²) >= 11 is 5.82. The normalized spacial score (nSPS) is 10.7. The van der Waals surface area contributed by atoms with E-state index in [2.05, 4.69) is 15.3 Å². The molecule has 1 aromatic carbocycles. The number of aryl methyl sites for hydroxylation is 1. The van der Waals surface area contributed by atoms with Gasteiger partial charge in [-0.15, -0.1) is 0 Å². The van der Waals surface area contributed by atoms with Crippen LogP contribution in [0.1, 0.15) is 16.1 Å². The minimum atomic E-state index is -0.611. The number of esters is 1. The fraction of sp³-hybridized carbons (Fsp3) is 0.118. The third-order valence-electron chi connectivity index (χ3n) is 3.49. The highest BCUT2D eigenvalue weighted by molar-refractivity contribution is 6.31. The van der Waals surface area contributed by atoms with Gasteiger partial charge in [0.25, 0.3) is 0 Å². The van der Waals surface area contributed by atoms with Crippen molar-refractivity contribution < 1.29 is 13.9 Å². The fourth-order valence-corrected chi connectivity index (χ4v) is 2.48. The maximum absolute atomic E-state index is 14.2. The molecule has 2 aromatic heterocycles. The molecule has 2 heterocycles. The number of carbonyl (C=O) groups is 1. The number of halogens is 2. The maximum atomic E-state index is 14.2. The molecule has 0 bridgehead atoms. The van der Waals surface area contributed by atoms with Crippen molar-refractivity contribution in [3.8, 4) is 0 Å². The zero-order valence-corrected chi connectivity index (χ0v) is 13.7. The number of pyridine rings is 2. The zero-order valence-electron chi connectivity index (χ0n) is 12.9. The third kappa shape index (κ3) is 2.88. The van der Waals surface area contributed by atoms with Crippen molar-refractivity contribution >= 4 is 40.0 Å². The monoisotopic (exact) mass is 345 g/mol. The van der Waals surface area contributed by atoms with Gasteiger partial charge in [-0.3, -0.25) is 0 Å². The number of ether oxygens (including phenoxy) is 1. The molecule has 0 aliphatic rings. The number of nitrogens with one attached hydrogen (secondary N) is 1. The predicted octanol–water partition coefficient (Wildman–Crippen LogP) is 4.26. The number of fused-ring (bicyclic) bond motifs is 1. The summed E-state index contributed by atoms with van der Waals surface area (Å²) in [6.07, 6.45) is 1.35. The van der Waals surface area contributed by atoms with Crippen LogP contribution in [0.4, 0.5) is 15.8 Å². The van der Waals surface area contributed by atoms with Gasteiger partial charge in [-0.1, -0.05) is 17.7 Å². The molecule has 122 valence electrons. The van der Waals surface area contributed by atoms with Gasteiger partial charge in [-0.2, -0.15) is 0 Å². The molecule has 0 spiro atoms. The van der Waals surface area contributed by atoms with Crippen molar-refractivity contribution in [2.75, 3.05) is 12.4 Å². The van der Waals surface area contributed by atoms with Gasteiger partial charge in [0.2, 0.25) is 0 Å². The molecule has 0 unspecified atom stereocenters. The van der Waals surface area contributed by atoms with E-state index in [4.69, 9.17) is 16.3 Å². The van der Waals surface area contributed by atoms with E-state index >= 15 is 0 Å². The van der Waals surface area contributed by atoms with Crippen molar-refractivity contribution in [2.45, 2.75) is 6.92 Å². The summed E-state index contributed by atoms with van der Waals surface area (Å²) in [6, 6.07) is 8.12. The topological polar surface area (TPSA) is 64.1 Å². The number of anilines is 2. The van der Waals surface area contributed by atoms with Crippen LogP contribution in [0.3, 0.4) is 0 Å². The van der Waals surface area contributed by atoms with Gasteiger partial charge < -0.3 is 10.1 Å². The highest BCUT2D eigenvalue weighted by Crippen LogP contribution is 2.31. The predicted molar refractivity (Wildman–Crippen MR) is 90.3 cm³/mol. The molecule has 0 aliphatic heterocycles. The van der Waals surface area contributed by atoms with Gasteiger partial charge in [0.15, 0.2) is 11.5 Å². The number of hydrogen-bond acceptors (Lipinski definition) is 5. The number of benzene rings is 1. The Morgan fingerprint density at radius 2 is 2.08 bits per heavy atom. The van der Waals surface area contributed by atoms with Crippen molar-refractivity contribution in [1.82, 2.24) is 9.97 Å². The smallest absolute Gasteiger partial charge is 0.341 e. The van der Waals surface area contributed by atoms with Crippen LogP contribution in [0.5, 0.6) is 0 Å². The van der Waals surface area contributed by atoms with Crippen molar-refractivity contribution in [2.24, 2.45) is 0 Å². The summed E-state index contributed by atoms with van der Waals surface area (Å²) in [4.78, 5) is 20.5. The van der Waals surface area contributed by atoms with Crippen LogP contribution in [0.2, 0.25) is 5.02 Å². The lowest BCUT2D eigenvalue weighted by atomic mass is 10.1. The first-order valence-corrected chi connectivity index (χ1v) is 7.44. The van der Waals surface area contributed by atoms with Gasteiger partial charge in [0, 0.05) is 17.3 Å². The average Bonchev–Trinajstić information content (AvgIpc) is 2.58. The molecule has 3 aromatic rings. The highest BCUT2D eigenvalue weighted by Gasteiger charge is 2.18. The molecule has 5 nitrogen and oxygen atoms in total. The summed E-state index contributed by atoms with van der Waals surface area (Å²) in [6.45, 7) is 1.83. The number of rotatable bonds is 3. The van der Waals surface area contributed by atoms with Crippen LogP contribution >= 0.6 is 11.6 Å². The van der Waals surface area contributed by atoms with E-state index in [1.54, 1.807) is 18.2 Å². The first-order chi connectivity index (χ1) is 11.5.